The predicted octanol–water partition coefficient (Wildman–Crippen LogP) is 0.758. The van der Waals surface area contributed by atoms with Crippen LogP contribution in [0.25, 0.3) is 0 Å². The first-order chi connectivity index (χ1) is 10.0. The largest absolute Gasteiger partial charge is 0.480 e. The van der Waals surface area contributed by atoms with Crippen molar-refractivity contribution in [1.82, 2.24) is 15.1 Å². The van der Waals surface area contributed by atoms with E-state index in [0.717, 1.165) is 18.5 Å². The summed E-state index contributed by atoms with van der Waals surface area (Å²) in [5.74, 6) is -0.972. The lowest BCUT2D eigenvalue weighted by Gasteiger charge is -2.33. The molecule has 2 heterocycles. The number of carboxylic acids is 1. The zero-order valence-electron chi connectivity index (χ0n) is 12.5. The Labute approximate surface area is 123 Å². The van der Waals surface area contributed by atoms with Gasteiger partial charge >= 0.3 is 5.97 Å². The molecule has 7 heteroatoms. The summed E-state index contributed by atoms with van der Waals surface area (Å²) in [7, 11) is 1.80. The van der Waals surface area contributed by atoms with E-state index >= 15 is 0 Å². The Morgan fingerprint density at radius 3 is 2.95 bits per heavy atom. The highest BCUT2D eigenvalue weighted by molar-refractivity contribution is 5.98. The smallest absolute Gasteiger partial charge is 0.320 e. The van der Waals surface area contributed by atoms with Crippen molar-refractivity contribution in [2.45, 2.75) is 44.7 Å². The molecule has 2 N–H and O–H groups in total. The SMILES string of the molecule is CCCC(NC1CCCN(c2cnn(C)c2)C1=O)C(=O)O. The molecule has 1 saturated heterocycles. The average molecular weight is 294 g/mol. The quantitative estimate of drug-likeness (QED) is 0.808. The number of carbonyl (C=O) groups is 2. The summed E-state index contributed by atoms with van der Waals surface area (Å²) in [6, 6.07) is -1.11. The van der Waals surface area contributed by atoms with Gasteiger partial charge in [-0.1, -0.05) is 13.3 Å². The van der Waals surface area contributed by atoms with Crippen LogP contribution in [0.1, 0.15) is 32.6 Å². The summed E-state index contributed by atoms with van der Waals surface area (Å²) in [5.41, 5.74) is 0.761. The third kappa shape index (κ3) is 3.60. The van der Waals surface area contributed by atoms with Crippen molar-refractivity contribution in [3.8, 4) is 0 Å². The molecule has 1 fully saturated rings. The van der Waals surface area contributed by atoms with E-state index in [-0.39, 0.29) is 5.91 Å². The number of hydrogen-bond donors (Lipinski definition) is 2. The molecule has 1 aromatic rings. The molecule has 1 amide bonds. The van der Waals surface area contributed by atoms with Crippen LogP contribution in [-0.4, -0.2) is 45.4 Å². The van der Waals surface area contributed by atoms with Crippen LogP contribution in [0.3, 0.4) is 0 Å². The molecule has 116 valence electrons. The number of aromatic nitrogens is 2. The molecule has 0 aliphatic carbocycles. The number of carbonyl (C=O) groups excluding carboxylic acids is 1. The zero-order valence-corrected chi connectivity index (χ0v) is 12.5. The normalized spacial score (nSPS) is 20.6. The van der Waals surface area contributed by atoms with Gasteiger partial charge in [-0.25, -0.2) is 0 Å². The maximum absolute atomic E-state index is 12.5. The van der Waals surface area contributed by atoms with E-state index in [1.165, 1.54) is 0 Å². The van der Waals surface area contributed by atoms with Crippen molar-refractivity contribution in [2.24, 2.45) is 7.05 Å². The van der Waals surface area contributed by atoms with Gasteiger partial charge in [0.1, 0.15) is 6.04 Å². The van der Waals surface area contributed by atoms with Crippen LogP contribution >= 0.6 is 0 Å². The van der Waals surface area contributed by atoms with E-state index in [0.29, 0.717) is 19.4 Å². The summed E-state index contributed by atoms with van der Waals surface area (Å²) in [6.07, 6.45) is 6.24. The molecule has 0 saturated carbocycles. The van der Waals surface area contributed by atoms with Crippen LogP contribution in [0.5, 0.6) is 0 Å². The van der Waals surface area contributed by atoms with E-state index in [4.69, 9.17) is 0 Å². The molecule has 2 atom stereocenters. The molecular weight excluding hydrogens is 272 g/mol. The second kappa shape index (κ2) is 6.71. The number of carboxylic acid groups (broad SMARTS) is 1. The summed E-state index contributed by atoms with van der Waals surface area (Å²) in [4.78, 5) is 25.4. The van der Waals surface area contributed by atoms with E-state index < -0.39 is 18.1 Å². The molecule has 1 aromatic heterocycles. The third-order valence-corrected chi connectivity index (χ3v) is 3.72. The lowest BCUT2D eigenvalue weighted by atomic mass is 10.0. The average Bonchev–Trinajstić information content (AvgIpc) is 2.86. The number of nitrogens with one attached hydrogen (secondary N) is 1. The number of hydrogen-bond acceptors (Lipinski definition) is 4. The van der Waals surface area contributed by atoms with Gasteiger partial charge in [-0.15, -0.1) is 0 Å². The van der Waals surface area contributed by atoms with Crippen LogP contribution in [0, 0.1) is 0 Å². The predicted molar refractivity (Wildman–Crippen MR) is 78.1 cm³/mol. The minimum atomic E-state index is -0.900. The summed E-state index contributed by atoms with van der Waals surface area (Å²) in [6.45, 7) is 2.58. The summed E-state index contributed by atoms with van der Waals surface area (Å²) in [5, 5.41) is 16.3. The Bertz CT molecular complexity index is 514. The minimum Gasteiger partial charge on any atom is -0.480 e. The first kappa shape index (κ1) is 15.5. The van der Waals surface area contributed by atoms with Crippen LogP contribution in [0.2, 0.25) is 0 Å². The van der Waals surface area contributed by atoms with Crippen LogP contribution < -0.4 is 10.2 Å². The highest BCUT2D eigenvalue weighted by Gasteiger charge is 2.33. The van der Waals surface area contributed by atoms with E-state index in [1.54, 1.807) is 29.0 Å². The number of amides is 1. The Morgan fingerprint density at radius 1 is 1.62 bits per heavy atom. The fourth-order valence-corrected chi connectivity index (χ4v) is 2.64. The second-order valence-electron chi connectivity index (χ2n) is 5.40. The maximum atomic E-state index is 12.5. The van der Waals surface area contributed by atoms with Crippen LogP contribution in [0.4, 0.5) is 5.69 Å². The van der Waals surface area contributed by atoms with Gasteiger partial charge in [-0.2, -0.15) is 5.10 Å². The topological polar surface area (TPSA) is 87.5 Å². The van der Waals surface area contributed by atoms with Gasteiger partial charge in [-0.3, -0.25) is 19.6 Å². The van der Waals surface area contributed by atoms with E-state index in [1.807, 2.05) is 6.92 Å². The number of nitrogens with zero attached hydrogens (tertiary/aromatic N) is 3. The Balaban J connectivity index is 2.07. The molecule has 0 spiro atoms. The van der Waals surface area contributed by atoms with Crippen LogP contribution in [0.15, 0.2) is 12.4 Å². The van der Waals surface area contributed by atoms with Crippen LogP contribution in [-0.2, 0) is 16.6 Å². The van der Waals surface area contributed by atoms with Gasteiger partial charge in [-0.05, 0) is 19.3 Å². The minimum absolute atomic E-state index is 0.0726. The first-order valence-electron chi connectivity index (χ1n) is 7.31. The van der Waals surface area contributed by atoms with Gasteiger partial charge < -0.3 is 10.0 Å². The molecule has 2 unspecified atom stereocenters. The molecule has 1 aliphatic heterocycles. The summed E-state index contributed by atoms with van der Waals surface area (Å²) >= 11 is 0. The third-order valence-electron chi connectivity index (χ3n) is 3.72. The van der Waals surface area contributed by atoms with Gasteiger partial charge in [0.2, 0.25) is 5.91 Å². The molecule has 7 nitrogen and oxygen atoms in total. The fourth-order valence-electron chi connectivity index (χ4n) is 2.64. The number of aliphatic carboxylic acids is 1. The molecule has 1 aliphatic rings. The van der Waals surface area contributed by atoms with E-state index in [2.05, 4.69) is 10.4 Å². The zero-order chi connectivity index (χ0) is 15.4. The van der Waals surface area contributed by atoms with Crippen molar-refractivity contribution < 1.29 is 14.7 Å². The van der Waals surface area contributed by atoms with Crippen molar-refractivity contribution >= 4 is 17.6 Å². The highest BCUT2D eigenvalue weighted by Crippen LogP contribution is 2.20. The van der Waals surface area contributed by atoms with Gasteiger partial charge in [0.15, 0.2) is 0 Å². The molecular formula is C14H22N4O3. The lowest BCUT2D eigenvalue weighted by molar-refractivity contribution is -0.140. The summed E-state index contributed by atoms with van der Waals surface area (Å²) < 4.78 is 1.65. The molecule has 0 aromatic carbocycles. The molecule has 21 heavy (non-hydrogen) atoms. The number of rotatable bonds is 6. The van der Waals surface area contributed by atoms with Gasteiger partial charge in [0.05, 0.1) is 17.9 Å². The van der Waals surface area contributed by atoms with Crippen molar-refractivity contribution in [3.05, 3.63) is 12.4 Å². The van der Waals surface area contributed by atoms with Gasteiger partial charge in [0, 0.05) is 19.8 Å². The number of aryl methyl sites for hydroxylation is 1. The highest BCUT2D eigenvalue weighted by atomic mass is 16.4. The number of anilines is 1. The maximum Gasteiger partial charge on any atom is 0.320 e. The lowest BCUT2D eigenvalue weighted by Crippen LogP contribution is -2.55. The first-order valence-corrected chi connectivity index (χ1v) is 7.31. The Hall–Kier alpha value is -1.89. The van der Waals surface area contributed by atoms with E-state index in [9.17, 15) is 14.7 Å². The Morgan fingerprint density at radius 2 is 2.38 bits per heavy atom. The van der Waals surface area contributed by atoms with Crippen molar-refractivity contribution in [2.75, 3.05) is 11.4 Å². The molecule has 0 radical (unpaired) electrons. The second-order valence-corrected chi connectivity index (χ2v) is 5.40. The Kier molecular flexibility index (Phi) is 4.95. The van der Waals surface area contributed by atoms with Crippen molar-refractivity contribution in [3.63, 3.8) is 0 Å². The fraction of sp³-hybridized carbons (Fsp3) is 0.643. The molecule has 2 rings (SSSR count). The monoisotopic (exact) mass is 294 g/mol. The van der Waals surface area contributed by atoms with Gasteiger partial charge in [0.25, 0.3) is 0 Å². The molecule has 0 bridgehead atoms. The standard InChI is InChI=1S/C14H22N4O3/c1-3-5-12(14(20)21)16-11-6-4-7-18(13(11)19)10-8-15-17(2)9-10/h8-9,11-12,16H,3-7H2,1-2H3,(H,20,21). The number of piperidine rings is 1. The van der Waals surface area contributed by atoms with Crippen molar-refractivity contribution in [1.29, 1.82) is 0 Å².